The fraction of sp³-hybridized carbons (Fsp3) is 0.480. The van der Waals surface area contributed by atoms with Gasteiger partial charge in [-0.2, -0.15) is 0 Å². The van der Waals surface area contributed by atoms with Gasteiger partial charge in [0.15, 0.2) is 0 Å². The summed E-state index contributed by atoms with van der Waals surface area (Å²) in [5.74, 6) is -0.241. The summed E-state index contributed by atoms with van der Waals surface area (Å²) >= 11 is 12.1. The first-order valence-corrected chi connectivity index (χ1v) is 12.2. The van der Waals surface area contributed by atoms with Gasteiger partial charge in [0.1, 0.15) is 5.60 Å². The molecule has 0 bridgehead atoms. The highest BCUT2D eigenvalue weighted by Crippen LogP contribution is 2.25. The van der Waals surface area contributed by atoms with Crippen LogP contribution in [0, 0.1) is 0 Å². The molecule has 0 saturated heterocycles. The second-order valence-electron chi connectivity index (χ2n) is 9.36. The number of hydrogen-bond acceptors (Lipinski definition) is 6. The van der Waals surface area contributed by atoms with Gasteiger partial charge in [0.25, 0.3) is 0 Å². The van der Waals surface area contributed by atoms with Gasteiger partial charge < -0.3 is 26.4 Å². The van der Waals surface area contributed by atoms with Crippen LogP contribution in [0.2, 0.25) is 0 Å². The molecule has 4 atom stereocenters. The summed E-state index contributed by atoms with van der Waals surface area (Å²) in [5, 5.41) is 21.8. The minimum atomic E-state index is -1.09. The Hall–Kier alpha value is -2.19. The molecule has 0 aromatic heterocycles. The van der Waals surface area contributed by atoms with Crippen molar-refractivity contribution in [3.8, 4) is 0 Å². The maximum absolute atomic E-state index is 13.5. The first-order chi connectivity index (χ1) is 15.9. The van der Waals surface area contributed by atoms with Crippen molar-refractivity contribution in [3.63, 3.8) is 0 Å². The number of nitrogens with two attached hydrogens (primary N) is 2. The van der Waals surface area contributed by atoms with E-state index in [2.05, 4.69) is 0 Å². The number of carbonyl (C=O) groups is 1. The molecular weight excluding hydrogens is 477 g/mol. The van der Waals surface area contributed by atoms with Crippen LogP contribution in [0.15, 0.2) is 48.5 Å². The minimum absolute atomic E-state index is 0.121. The Morgan fingerprint density at radius 3 is 1.50 bits per heavy atom. The molecule has 0 fully saturated rings. The van der Waals surface area contributed by atoms with E-state index in [4.69, 9.17) is 39.4 Å². The van der Waals surface area contributed by atoms with Gasteiger partial charge in [-0.1, -0.05) is 24.3 Å². The van der Waals surface area contributed by atoms with Crippen LogP contribution in [0.3, 0.4) is 0 Å². The van der Waals surface area contributed by atoms with Gasteiger partial charge in [-0.15, -0.1) is 23.2 Å². The third kappa shape index (κ3) is 8.24. The van der Waals surface area contributed by atoms with Crippen LogP contribution in [0.25, 0.3) is 0 Å². The van der Waals surface area contributed by atoms with E-state index in [-0.39, 0.29) is 24.6 Å². The van der Waals surface area contributed by atoms with E-state index in [0.717, 1.165) is 11.1 Å². The predicted molar refractivity (Wildman–Crippen MR) is 138 cm³/mol. The van der Waals surface area contributed by atoms with E-state index >= 15 is 0 Å². The summed E-state index contributed by atoms with van der Waals surface area (Å²) in [5.41, 5.74) is 13.7. The largest absolute Gasteiger partial charge is 0.444 e. The molecule has 0 spiro atoms. The van der Waals surface area contributed by atoms with Crippen molar-refractivity contribution < 1.29 is 19.7 Å². The number of carbonyl (C=O) groups excluding carboxylic acids is 1. The quantitative estimate of drug-likeness (QED) is 0.284. The second kappa shape index (κ2) is 12.5. The van der Waals surface area contributed by atoms with Crippen LogP contribution in [0.1, 0.15) is 31.9 Å². The van der Waals surface area contributed by atoms with Crippen molar-refractivity contribution in [2.75, 3.05) is 23.2 Å². The molecule has 6 N–H and O–H groups in total. The lowest BCUT2D eigenvalue weighted by molar-refractivity contribution is -0.0364. The van der Waals surface area contributed by atoms with Crippen LogP contribution < -0.4 is 11.5 Å². The highest BCUT2D eigenvalue weighted by atomic mass is 35.5. The molecule has 0 aliphatic heterocycles. The van der Waals surface area contributed by atoms with Crippen LogP contribution in [-0.2, 0) is 17.6 Å². The number of aliphatic hydroxyl groups excluding tert-OH is 2. The first kappa shape index (κ1) is 28.1. The Bertz CT molecular complexity index is 842. The molecule has 9 heteroatoms. The van der Waals surface area contributed by atoms with Crippen LogP contribution in [-0.4, -0.2) is 62.9 Å². The Kier molecular flexibility index (Phi) is 10.3. The summed E-state index contributed by atoms with van der Waals surface area (Å²) in [6, 6.07) is 12.7. The number of anilines is 2. The van der Waals surface area contributed by atoms with Gasteiger partial charge in [-0.25, -0.2) is 4.79 Å². The van der Waals surface area contributed by atoms with Crippen molar-refractivity contribution >= 4 is 40.7 Å². The number of aliphatic hydroxyl groups is 2. The number of halogens is 2. The zero-order valence-corrected chi connectivity index (χ0v) is 21.3. The Labute approximate surface area is 211 Å². The lowest BCUT2D eigenvalue weighted by Gasteiger charge is -2.42. The minimum Gasteiger partial charge on any atom is -0.444 e. The van der Waals surface area contributed by atoms with Crippen molar-refractivity contribution in [2.24, 2.45) is 0 Å². The number of rotatable bonds is 10. The lowest BCUT2D eigenvalue weighted by Crippen LogP contribution is -2.59. The Morgan fingerprint density at radius 2 is 1.21 bits per heavy atom. The molecule has 1 amide bonds. The highest BCUT2D eigenvalue weighted by molar-refractivity contribution is 6.18. The van der Waals surface area contributed by atoms with Crippen LogP contribution in [0.4, 0.5) is 16.2 Å². The molecule has 0 radical (unpaired) electrons. The number of benzene rings is 2. The standard InChI is InChI=1S/C25H35Cl2N3O4/c1-25(2,3)34-24(33)30(20(22(31)14-26)12-16-4-8-18(28)9-5-16)21(23(32)15-27)13-17-6-10-19(29)11-7-17/h4-11,20-23,31-32H,12-15,28-29H2,1-3H3/t20-,21-,22+,23+/m0/s1. The van der Waals surface area contributed by atoms with Gasteiger partial charge >= 0.3 is 6.09 Å². The second-order valence-corrected chi connectivity index (χ2v) is 9.97. The molecule has 2 rings (SSSR count). The van der Waals surface area contributed by atoms with Gasteiger partial charge in [0, 0.05) is 11.4 Å². The number of nitrogens with zero attached hydrogens (tertiary/aromatic N) is 1. The molecule has 0 heterocycles. The molecule has 34 heavy (non-hydrogen) atoms. The van der Waals surface area contributed by atoms with Gasteiger partial charge in [0.05, 0.1) is 36.1 Å². The molecule has 0 aliphatic rings. The van der Waals surface area contributed by atoms with Gasteiger partial charge in [-0.3, -0.25) is 4.90 Å². The normalized spacial score (nSPS) is 15.3. The first-order valence-electron chi connectivity index (χ1n) is 11.1. The van der Waals surface area contributed by atoms with Crippen LogP contribution in [0.5, 0.6) is 0 Å². The molecule has 2 aromatic rings. The Balaban J connectivity index is 2.55. The van der Waals surface area contributed by atoms with E-state index in [0.29, 0.717) is 11.4 Å². The van der Waals surface area contributed by atoms with E-state index in [9.17, 15) is 15.0 Å². The molecular formula is C25H35Cl2N3O4. The van der Waals surface area contributed by atoms with E-state index in [1.807, 2.05) is 24.3 Å². The summed E-state index contributed by atoms with van der Waals surface area (Å²) in [6.45, 7) is 5.26. The fourth-order valence-electron chi connectivity index (χ4n) is 3.67. The van der Waals surface area contributed by atoms with E-state index in [1.165, 1.54) is 4.90 Å². The van der Waals surface area contributed by atoms with Crippen LogP contribution >= 0.6 is 23.2 Å². The van der Waals surface area contributed by atoms with Gasteiger partial charge in [-0.05, 0) is 69.0 Å². The fourth-order valence-corrected chi connectivity index (χ4v) is 4.08. The molecule has 0 aliphatic carbocycles. The summed E-state index contributed by atoms with van der Waals surface area (Å²) < 4.78 is 5.70. The third-order valence-corrected chi connectivity index (χ3v) is 6.00. The van der Waals surface area contributed by atoms with Crippen molar-refractivity contribution in [1.29, 1.82) is 0 Å². The van der Waals surface area contributed by atoms with E-state index < -0.39 is 36.0 Å². The topological polar surface area (TPSA) is 122 Å². The van der Waals surface area contributed by atoms with Crippen molar-refractivity contribution in [2.45, 2.75) is 63.5 Å². The maximum Gasteiger partial charge on any atom is 0.410 e. The number of alkyl halides is 2. The molecule has 188 valence electrons. The zero-order valence-electron chi connectivity index (χ0n) is 19.8. The SMILES string of the molecule is CC(C)(C)OC(=O)N([C@@H](Cc1ccc(N)cc1)[C@H](O)CCl)[C@@H](Cc1ccc(N)cc1)[C@H](O)CCl. The zero-order chi connectivity index (χ0) is 25.5. The molecule has 7 nitrogen and oxygen atoms in total. The number of hydrogen-bond donors (Lipinski definition) is 4. The van der Waals surface area contributed by atoms with E-state index in [1.54, 1.807) is 45.0 Å². The average molecular weight is 512 g/mol. The highest BCUT2D eigenvalue weighted by Gasteiger charge is 2.40. The lowest BCUT2D eigenvalue weighted by atomic mass is 9.94. The molecule has 0 unspecified atom stereocenters. The summed E-state index contributed by atoms with van der Waals surface area (Å²) in [4.78, 5) is 14.9. The Morgan fingerprint density at radius 1 is 0.853 bits per heavy atom. The summed E-state index contributed by atoms with van der Waals surface area (Å²) in [6.07, 6.45) is -2.34. The number of nitrogen functional groups attached to an aromatic ring is 2. The summed E-state index contributed by atoms with van der Waals surface area (Å²) in [7, 11) is 0. The molecule has 0 saturated carbocycles. The number of ether oxygens (including phenoxy) is 1. The molecule has 2 aromatic carbocycles. The van der Waals surface area contributed by atoms with Gasteiger partial charge in [0.2, 0.25) is 0 Å². The maximum atomic E-state index is 13.5. The monoisotopic (exact) mass is 511 g/mol. The smallest absolute Gasteiger partial charge is 0.410 e. The van der Waals surface area contributed by atoms with Crippen molar-refractivity contribution in [3.05, 3.63) is 59.7 Å². The third-order valence-electron chi connectivity index (χ3n) is 5.37. The van der Waals surface area contributed by atoms with Crippen molar-refractivity contribution in [1.82, 2.24) is 4.90 Å². The average Bonchev–Trinajstić information content (AvgIpc) is 2.78. The predicted octanol–water partition coefficient (Wildman–Crippen LogP) is 3.81. The number of amides is 1.